The molecule has 3 rings (SSSR count). The molecule has 0 radical (unpaired) electrons. The van der Waals surface area contributed by atoms with Crippen molar-refractivity contribution in [2.45, 2.75) is 39.8 Å². The topological polar surface area (TPSA) is 56.6 Å². The third kappa shape index (κ3) is 4.45. The van der Waals surface area contributed by atoms with Gasteiger partial charge in [-0.1, -0.05) is 31.0 Å². The minimum atomic E-state index is -0.107. The van der Waals surface area contributed by atoms with Crippen molar-refractivity contribution >= 4 is 23.6 Å². The monoisotopic (exact) mass is 389 g/mol. The number of benzene rings is 1. The lowest BCUT2D eigenvalue weighted by Crippen LogP contribution is -2.24. The molecule has 0 N–H and O–H groups in total. The second-order valence-corrected chi connectivity index (χ2v) is 6.94. The van der Waals surface area contributed by atoms with Gasteiger partial charge in [-0.05, 0) is 37.1 Å². The molecule has 144 valence electrons. The van der Waals surface area contributed by atoms with Gasteiger partial charge in [0, 0.05) is 31.8 Å². The number of hydrogen-bond acceptors (Lipinski definition) is 4. The Balaban J connectivity index is 1.65. The van der Waals surface area contributed by atoms with Crippen LogP contribution in [-0.4, -0.2) is 34.4 Å². The molecule has 0 unspecified atom stereocenters. The van der Waals surface area contributed by atoms with E-state index in [-0.39, 0.29) is 12.7 Å². The van der Waals surface area contributed by atoms with Crippen LogP contribution in [0.15, 0.2) is 24.3 Å². The van der Waals surface area contributed by atoms with Gasteiger partial charge in [0.1, 0.15) is 5.15 Å². The number of amides is 1. The fraction of sp³-hybridized carbons (Fsp3) is 0.400. The summed E-state index contributed by atoms with van der Waals surface area (Å²) >= 11 is 6.41. The van der Waals surface area contributed by atoms with Crippen molar-refractivity contribution in [1.29, 1.82) is 0 Å². The van der Waals surface area contributed by atoms with Gasteiger partial charge in [-0.25, -0.2) is 0 Å². The summed E-state index contributed by atoms with van der Waals surface area (Å²) in [6.07, 6.45) is 5.36. The number of likely N-dealkylation sites (N-methyl/N-ethyl adjacent to an activating group) is 1. The van der Waals surface area contributed by atoms with Gasteiger partial charge in [-0.15, -0.1) is 0 Å². The van der Waals surface area contributed by atoms with Crippen LogP contribution >= 0.6 is 11.6 Å². The highest BCUT2D eigenvalue weighted by Gasteiger charge is 2.15. The largest absolute Gasteiger partial charge is 0.454 e. The second-order valence-electron chi connectivity index (χ2n) is 6.58. The zero-order valence-electron chi connectivity index (χ0n) is 15.9. The van der Waals surface area contributed by atoms with Crippen LogP contribution in [0.2, 0.25) is 5.15 Å². The van der Waals surface area contributed by atoms with Gasteiger partial charge >= 0.3 is 0 Å². The van der Waals surface area contributed by atoms with E-state index >= 15 is 0 Å². The Morgan fingerprint density at radius 3 is 2.93 bits per heavy atom. The maximum Gasteiger partial charge on any atom is 0.246 e. The van der Waals surface area contributed by atoms with Gasteiger partial charge in [0.2, 0.25) is 12.7 Å². The quantitative estimate of drug-likeness (QED) is 0.670. The molecule has 0 atom stereocenters. The molecular weight excluding hydrogens is 366 g/mol. The molecule has 0 spiro atoms. The second kappa shape index (κ2) is 8.48. The summed E-state index contributed by atoms with van der Waals surface area (Å²) in [5.41, 5.74) is 2.58. The molecule has 0 bridgehead atoms. The number of rotatable bonds is 7. The zero-order chi connectivity index (χ0) is 19.4. The van der Waals surface area contributed by atoms with Gasteiger partial charge in [-0.3, -0.25) is 9.48 Å². The maximum absolute atomic E-state index is 12.5. The highest BCUT2D eigenvalue weighted by Crippen LogP contribution is 2.32. The van der Waals surface area contributed by atoms with Gasteiger partial charge in [0.15, 0.2) is 11.5 Å². The number of aromatic nitrogens is 2. The Morgan fingerprint density at radius 1 is 1.37 bits per heavy atom. The van der Waals surface area contributed by atoms with Crippen LogP contribution in [0.1, 0.15) is 36.6 Å². The molecule has 1 aliphatic rings. The first kappa shape index (κ1) is 19.3. The van der Waals surface area contributed by atoms with Crippen molar-refractivity contribution in [3.05, 3.63) is 46.2 Å². The molecule has 1 aromatic heterocycles. The van der Waals surface area contributed by atoms with Crippen molar-refractivity contribution in [3.63, 3.8) is 0 Å². The van der Waals surface area contributed by atoms with Crippen LogP contribution in [0.4, 0.5) is 0 Å². The summed E-state index contributed by atoms with van der Waals surface area (Å²) in [4.78, 5) is 14.1. The molecule has 0 fully saturated rings. The predicted molar refractivity (Wildman–Crippen MR) is 105 cm³/mol. The number of ether oxygens (including phenoxy) is 2. The van der Waals surface area contributed by atoms with Crippen molar-refractivity contribution < 1.29 is 14.3 Å². The number of aryl methyl sites for hydroxylation is 2. The molecule has 1 aliphatic heterocycles. The lowest BCUT2D eigenvalue weighted by atomic mass is 10.2. The predicted octanol–water partition coefficient (Wildman–Crippen LogP) is 4.05. The Hall–Kier alpha value is -2.47. The van der Waals surface area contributed by atoms with Gasteiger partial charge in [0.25, 0.3) is 0 Å². The van der Waals surface area contributed by atoms with Crippen molar-refractivity contribution in [2.75, 3.05) is 13.8 Å². The van der Waals surface area contributed by atoms with E-state index in [1.807, 2.05) is 25.1 Å². The summed E-state index contributed by atoms with van der Waals surface area (Å²) in [6, 6.07) is 5.69. The Bertz CT molecular complexity index is 860. The molecule has 2 heterocycles. The summed E-state index contributed by atoms with van der Waals surface area (Å²) in [7, 11) is 1.76. The van der Waals surface area contributed by atoms with Gasteiger partial charge in [-0.2, -0.15) is 5.10 Å². The average Bonchev–Trinajstić information content (AvgIpc) is 3.22. The van der Waals surface area contributed by atoms with Crippen LogP contribution < -0.4 is 9.47 Å². The SMILES string of the molecule is CCCCn1nc(C)c(C=CC(=O)N(C)Cc2ccc3c(c2)OCO3)c1Cl. The molecule has 0 saturated heterocycles. The fourth-order valence-electron chi connectivity index (χ4n) is 2.89. The minimum absolute atomic E-state index is 0.107. The first-order valence-corrected chi connectivity index (χ1v) is 9.42. The minimum Gasteiger partial charge on any atom is -0.454 e. The molecule has 6 nitrogen and oxygen atoms in total. The molecule has 2 aromatic rings. The molecule has 1 amide bonds. The normalized spacial score (nSPS) is 12.7. The Kier molecular flexibility index (Phi) is 6.06. The van der Waals surface area contributed by atoms with Crippen LogP contribution in [0, 0.1) is 6.92 Å². The van der Waals surface area contributed by atoms with E-state index in [9.17, 15) is 4.79 Å². The van der Waals surface area contributed by atoms with Gasteiger partial charge in [0.05, 0.1) is 5.69 Å². The average molecular weight is 390 g/mol. The standard InChI is InChI=1S/C20H24ClN3O3/c1-4-5-10-24-20(21)16(14(2)22-24)7-9-19(25)23(3)12-15-6-8-17-18(11-15)27-13-26-17/h6-9,11H,4-5,10,12-13H2,1-3H3. The van der Waals surface area contributed by atoms with Crippen molar-refractivity contribution in [3.8, 4) is 11.5 Å². The number of carbonyl (C=O) groups excluding carboxylic acids is 1. The Labute approximate surface area is 164 Å². The number of hydrogen-bond donors (Lipinski definition) is 0. The van der Waals surface area contributed by atoms with Crippen LogP contribution in [0.25, 0.3) is 6.08 Å². The number of halogens is 1. The summed E-state index contributed by atoms with van der Waals surface area (Å²) < 4.78 is 12.5. The van der Waals surface area contributed by atoms with E-state index in [2.05, 4.69) is 12.0 Å². The lowest BCUT2D eigenvalue weighted by molar-refractivity contribution is -0.125. The van der Waals surface area contributed by atoms with E-state index in [1.54, 1.807) is 22.7 Å². The molecule has 27 heavy (non-hydrogen) atoms. The third-order valence-electron chi connectivity index (χ3n) is 4.46. The zero-order valence-corrected chi connectivity index (χ0v) is 16.6. The summed E-state index contributed by atoms with van der Waals surface area (Å²) in [5.74, 6) is 1.34. The van der Waals surface area contributed by atoms with Crippen molar-refractivity contribution in [2.24, 2.45) is 0 Å². The van der Waals surface area contributed by atoms with Gasteiger partial charge < -0.3 is 14.4 Å². The lowest BCUT2D eigenvalue weighted by Gasteiger charge is -2.15. The van der Waals surface area contributed by atoms with E-state index in [1.165, 1.54) is 6.08 Å². The van der Waals surface area contributed by atoms with Crippen LogP contribution in [0.3, 0.4) is 0 Å². The first-order chi connectivity index (χ1) is 13.0. The number of nitrogens with zero attached hydrogens (tertiary/aromatic N) is 3. The molecule has 7 heteroatoms. The highest BCUT2D eigenvalue weighted by atomic mass is 35.5. The highest BCUT2D eigenvalue weighted by molar-refractivity contribution is 6.31. The van der Waals surface area contributed by atoms with Crippen LogP contribution in [-0.2, 0) is 17.9 Å². The molecule has 1 aromatic carbocycles. The third-order valence-corrected chi connectivity index (χ3v) is 4.86. The summed E-state index contributed by atoms with van der Waals surface area (Å²) in [5, 5.41) is 5.03. The number of fused-ring (bicyclic) bond motifs is 1. The van der Waals surface area contributed by atoms with E-state index in [0.717, 1.165) is 42.0 Å². The first-order valence-electron chi connectivity index (χ1n) is 9.04. The molecule has 0 aliphatic carbocycles. The van der Waals surface area contributed by atoms with Crippen molar-refractivity contribution in [1.82, 2.24) is 14.7 Å². The smallest absolute Gasteiger partial charge is 0.246 e. The number of unbranched alkanes of at least 4 members (excludes halogenated alkanes) is 1. The van der Waals surface area contributed by atoms with E-state index in [4.69, 9.17) is 21.1 Å². The van der Waals surface area contributed by atoms with E-state index in [0.29, 0.717) is 17.4 Å². The van der Waals surface area contributed by atoms with Crippen LogP contribution in [0.5, 0.6) is 11.5 Å². The summed E-state index contributed by atoms with van der Waals surface area (Å²) in [6.45, 7) is 5.52. The Morgan fingerprint density at radius 2 is 2.15 bits per heavy atom. The molecular formula is C20H24ClN3O3. The fourth-order valence-corrected chi connectivity index (χ4v) is 3.21. The molecule has 0 saturated carbocycles. The number of carbonyl (C=O) groups is 1. The van der Waals surface area contributed by atoms with E-state index < -0.39 is 0 Å². The maximum atomic E-state index is 12.5.